The number of amides is 1. The third kappa shape index (κ3) is 5.25. The maximum absolute atomic E-state index is 13.0. The number of sulfonamides is 1. The number of esters is 1. The molecule has 30 heavy (non-hydrogen) atoms. The summed E-state index contributed by atoms with van der Waals surface area (Å²) in [6.45, 7) is 0.228. The molecule has 0 unspecified atom stereocenters. The van der Waals surface area contributed by atoms with Gasteiger partial charge in [0.1, 0.15) is 6.04 Å². The molecule has 0 aliphatic carbocycles. The number of piperidine rings is 1. The molecular weight excluding hydrogens is 404 g/mol. The molecule has 1 amide bonds. The standard InChI is InChI=1S/C22H26N2O5S/c1-23(16-18-10-4-2-5-11-18)21(25)17-29-22(26)20-14-8-9-15-24(20)30(27,28)19-12-6-3-7-13-19/h2-7,10-13,20H,8-9,14-17H2,1H3/t20-/m0/s1. The van der Waals surface area contributed by atoms with Crippen molar-refractivity contribution < 1.29 is 22.7 Å². The van der Waals surface area contributed by atoms with Crippen LogP contribution in [0.2, 0.25) is 0 Å². The molecule has 1 atom stereocenters. The van der Waals surface area contributed by atoms with Gasteiger partial charge in [0.2, 0.25) is 10.0 Å². The summed E-state index contributed by atoms with van der Waals surface area (Å²) in [4.78, 5) is 26.6. The molecule has 0 aromatic heterocycles. The molecule has 0 radical (unpaired) electrons. The monoisotopic (exact) mass is 430 g/mol. The van der Waals surface area contributed by atoms with E-state index in [4.69, 9.17) is 4.74 Å². The fraction of sp³-hybridized carbons (Fsp3) is 0.364. The molecule has 8 heteroatoms. The van der Waals surface area contributed by atoms with Crippen LogP contribution in [-0.2, 0) is 30.9 Å². The number of nitrogens with zero attached hydrogens (tertiary/aromatic N) is 2. The number of hydrogen-bond donors (Lipinski definition) is 0. The highest BCUT2D eigenvalue weighted by atomic mass is 32.2. The SMILES string of the molecule is CN(Cc1ccccc1)C(=O)COC(=O)[C@@H]1CCCCN1S(=O)(=O)c1ccccc1. The predicted octanol–water partition coefficient (Wildman–Crippen LogP) is 2.43. The smallest absolute Gasteiger partial charge is 0.324 e. The van der Waals surface area contributed by atoms with E-state index in [-0.39, 0.29) is 17.3 Å². The minimum atomic E-state index is -3.81. The molecule has 1 fully saturated rings. The van der Waals surface area contributed by atoms with Crippen LogP contribution in [0, 0.1) is 0 Å². The number of carbonyl (C=O) groups excluding carboxylic acids is 2. The number of carbonyl (C=O) groups is 2. The molecule has 3 rings (SSSR count). The number of rotatable bonds is 7. The second-order valence-corrected chi connectivity index (χ2v) is 9.17. The Labute approximate surface area is 177 Å². The Balaban J connectivity index is 1.62. The second kappa shape index (κ2) is 9.86. The van der Waals surface area contributed by atoms with E-state index in [1.54, 1.807) is 25.2 Å². The van der Waals surface area contributed by atoms with Crippen molar-refractivity contribution in [2.45, 2.75) is 36.7 Å². The molecule has 1 aliphatic rings. The Morgan fingerprint density at radius 1 is 1.03 bits per heavy atom. The van der Waals surface area contributed by atoms with Gasteiger partial charge in [-0.15, -0.1) is 0 Å². The predicted molar refractivity (Wildman–Crippen MR) is 112 cm³/mol. The van der Waals surface area contributed by atoms with Crippen molar-refractivity contribution in [2.24, 2.45) is 0 Å². The van der Waals surface area contributed by atoms with Crippen LogP contribution in [0.5, 0.6) is 0 Å². The molecule has 7 nitrogen and oxygen atoms in total. The van der Waals surface area contributed by atoms with Crippen LogP contribution in [0.3, 0.4) is 0 Å². The Hall–Kier alpha value is -2.71. The van der Waals surface area contributed by atoms with E-state index >= 15 is 0 Å². The van der Waals surface area contributed by atoms with Crippen LogP contribution in [0.1, 0.15) is 24.8 Å². The first-order valence-electron chi connectivity index (χ1n) is 9.91. The van der Waals surface area contributed by atoms with Gasteiger partial charge in [0, 0.05) is 20.1 Å². The van der Waals surface area contributed by atoms with Crippen molar-refractivity contribution >= 4 is 21.9 Å². The first kappa shape index (κ1) is 22.0. The number of likely N-dealkylation sites (N-methyl/N-ethyl adjacent to an activating group) is 1. The maximum Gasteiger partial charge on any atom is 0.324 e. The van der Waals surface area contributed by atoms with Gasteiger partial charge in [-0.1, -0.05) is 48.5 Å². The zero-order valence-corrected chi connectivity index (χ0v) is 17.8. The summed E-state index contributed by atoms with van der Waals surface area (Å²) in [5, 5.41) is 0. The molecular formula is C22H26N2O5S. The highest BCUT2D eigenvalue weighted by molar-refractivity contribution is 7.89. The summed E-state index contributed by atoms with van der Waals surface area (Å²) in [5.41, 5.74) is 0.965. The first-order valence-corrected chi connectivity index (χ1v) is 11.3. The van der Waals surface area contributed by atoms with Crippen molar-refractivity contribution in [3.63, 3.8) is 0 Å². The molecule has 0 bridgehead atoms. The van der Waals surface area contributed by atoms with Crippen LogP contribution in [0.4, 0.5) is 0 Å². The van der Waals surface area contributed by atoms with Crippen molar-refractivity contribution in [3.8, 4) is 0 Å². The van der Waals surface area contributed by atoms with Crippen LogP contribution >= 0.6 is 0 Å². The van der Waals surface area contributed by atoms with Gasteiger partial charge >= 0.3 is 5.97 Å². The Morgan fingerprint density at radius 2 is 1.67 bits per heavy atom. The highest BCUT2D eigenvalue weighted by Gasteiger charge is 2.38. The molecule has 0 spiro atoms. The zero-order chi connectivity index (χ0) is 21.6. The third-order valence-corrected chi connectivity index (χ3v) is 7.02. The average molecular weight is 431 g/mol. The summed E-state index contributed by atoms with van der Waals surface area (Å²) < 4.78 is 32.4. The van der Waals surface area contributed by atoms with E-state index in [0.29, 0.717) is 19.4 Å². The Kier molecular flexibility index (Phi) is 7.23. The first-order chi connectivity index (χ1) is 14.4. The lowest BCUT2D eigenvalue weighted by molar-refractivity contribution is -0.155. The van der Waals surface area contributed by atoms with Gasteiger partial charge in [0.25, 0.3) is 5.91 Å². The van der Waals surface area contributed by atoms with Crippen LogP contribution in [0.25, 0.3) is 0 Å². The van der Waals surface area contributed by atoms with E-state index < -0.39 is 28.6 Å². The lowest BCUT2D eigenvalue weighted by Gasteiger charge is -2.33. The number of hydrogen-bond acceptors (Lipinski definition) is 5. The van der Waals surface area contributed by atoms with E-state index in [1.807, 2.05) is 30.3 Å². The van der Waals surface area contributed by atoms with Crippen LogP contribution in [-0.4, -0.2) is 55.7 Å². The molecule has 2 aromatic carbocycles. The minimum absolute atomic E-state index is 0.142. The fourth-order valence-electron chi connectivity index (χ4n) is 3.44. The molecule has 1 saturated heterocycles. The second-order valence-electron chi connectivity index (χ2n) is 7.28. The Bertz CT molecular complexity index is 964. The molecule has 1 heterocycles. The van der Waals surface area contributed by atoms with Crippen LogP contribution in [0.15, 0.2) is 65.6 Å². The van der Waals surface area contributed by atoms with E-state index in [0.717, 1.165) is 12.0 Å². The lowest BCUT2D eigenvalue weighted by atomic mass is 10.1. The van der Waals surface area contributed by atoms with Crippen LogP contribution < -0.4 is 0 Å². The van der Waals surface area contributed by atoms with E-state index in [1.165, 1.54) is 21.3 Å². The van der Waals surface area contributed by atoms with E-state index in [2.05, 4.69) is 0 Å². The topological polar surface area (TPSA) is 84.0 Å². The molecule has 2 aromatic rings. The molecule has 0 saturated carbocycles. The third-order valence-electron chi connectivity index (χ3n) is 5.10. The molecule has 0 N–H and O–H groups in total. The zero-order valence-electron chi connectivity index (χ0n) is 16.9. The van der Waals surface area contributed by atoms with Gasteiger partial charge < -0.3 is 9.64 Å². The van der Waals surface area contributed by atoms with E-state index in [9.17, 15) is 18.0 Å². The largest absolute Gasteiger partial charge is 0.454 e. The normalized spacial score (nSPS) is 17.3. The molecule has 160 valence electrons. The number of ether oxygens (including phenoxy) is 1. The summed E-state index contributed by atoms with van der Waals surface area (Å²) >= 11 is 0. The minimum Gasteiger partial charge on any atom is -0.454 e. The number of benzene rings is 2. The van der Waals surface area contributed by atoms with Crippen molar-refractivity contribution in [1.82, 2.24) is 9.21 Å². The van der Waals surface area contributed by atoms with Gasteiger partial charge in [0.05, 0.1) is 4.90 Å². The fourth-order valence-corrected chi connectivity index (χ4v) is 5.11. The van der Waals surface area contributed by atoms with Crippen molar-refractivity contribution in [1.29, 1.82) is 0 Å². The average Bonchev–Trinajstić information content (AvgIpc) is 2.78. The highest BCUT2D eigenvalue weighted by Crippen LogP contribution is 2.26. The summed E-state index contributed by atoms with van der Waals surface area (Å²) in [6, 6.07) is 16.6. The maximum atomic E-state index is 13.0. The van der Waals surface area contributed by atoms with Crippen molar-refractivity contribution in [2.75, 3.05) is 20.2 Å². The van der Waals surface area contributed by atoms with Gasteiger partial charge in [-0.05, 0) is 37.0 Å². The Morgan fingerprint density at radius 3 is 2.33 bits per heavy atom. The quantitative estimate of drug-likeness (QED) is 0.630. The van der Waals surface area contributed by atoms with Gasteiger partial charge in [0.15, 0.2) is 6.61 Å². The van der Waals surface area contributed by atoms with Gasteiger partial charge in [-0.2, -0.15) is 4.31 Å². The van der Waals surface area contributed by atoms with Gasteiger partial charge in [-0.3, -0.25) is 9.59 Å². The van der Waals surface area contributed by atoms with Crippen molar-refractivity contribution in [3.05, 3.63) is 66.2 Å². The summed E-state index contributed by atoms with van der Waals surface area (Å²) in [6.07, 6.45) is 1.77. The summed E-state index contributed by atoms with van der Waals surface area (Å²) in [5.74, 6) is -1.03. The molecule has 1 aliphatic heterocycles. The van der Waals surface area contributed by atoms with Gasteiger partial charge in [-0.25, -0.2) is 8.42 Å². The summed E-state index contributed by atoms with van der Waals surface area (Å²) in [7, 11) is -2.18. The lowest BCUT2D eigenvalue weighted by Crippen LogP contribution is -2.49.